The lowest BCUT2D eigenvalue weighted by Gasteiger charge is -2.22. The van der Waals surface area contributed by atoms with E-state index in [0.29, 0.717) is 5.02 Å². The zero-order chi connectivity index (χ0) is 19.3. The topological polar surface area (TPSA) is 66.5 Å². The third-order valence-corrected chi connectivity index (χ3v) is 5.76. The molecule has 0 heterocycles. The van der Waals surface area contributed by atoms with Crippen molar-refractivity contribution in [2.45, 2.75) is 38.3 Å². The van der Waals surface area contributed by atoms with Crippen LogP contribution in [0.15, 0.2) is 53.4 Å². The van der Waals surface area contributed by atoms with Crippen LogP contribution in [0.2, 0.25) is 5.02 Å². The van der Waals surface area contributed by atoms with Crippen LogP contribution >= 0.6 is 11.6 Å². The van der Waals surface area contributed by atoms with Crippen molar-refractivity contribution < 1.29 is 13.2 Å². The molecule has 0 bridgehead atoms. The van der Waals surface area contributed by atoms with Crippen molar-refractivity contribution >= 4 is 27.5 Å². The Hall–Kier alpha value is -1.89. The van der Waals surface area contributed by atoms with Gasteiger partial charge in [-0.25, -0.2) is 8.42 Å². The lowest BCUT2D eigenvalue weighted by molar-refractivity contribution is -0.121. The molecule has 0 atom stereocenters. The van der Waals surface area contributed by atoms with Gasteiger partial charge in [-0.1, -0.05) is 41.4 Å². The monoisotopic (exact) mass is 394 g/mol. The second-order valence-corrected chi connectivity index (χ2v) is 8.81. The van der Waals surface area contributed by atoms with Gasteiger partial charge in [-0.15, -0.1) is 0 Å². The summed E-state index contributed by atoms with van der Waals surface area (Å²) in [6.07, 6.45) is 0. The van der Waals surface area contributed by atoms with Crippen LogP contribution in [0.5, 0.6) is 0 Å². The van der Waals surface area contributed by atoms with E-state index < -0.39 is 10.0 Å². The largest absolute Gasteiger partial charge is 0.353 e. The van der Waals surface area contributed by atoms with E-state index in [4.69, 9.17) is 11.6 Å². The van der Waals surface area contributed by atoms with Gasteiger partial charge in [0.05, 0.1) is 11.4 Å². The van der Waals surface area contributed by atoms with Gasteiger partial charge in [0.1, 0.15) is 0 Å². The number of carbonyl (C=O) groups excluding carboxylic acids is 1. The summed E-state index contributed by atoms with van der Waals surface area (Å²) in [6, 6.07) is 13.4. The van der Waals surface area contributed by atoms with Crippen LogP contribution in [0.25, 0.3) is 0 Å². The summed E-state index contributed by atoms with van der Waals surface area (Å²) in [5.41, 5.74) is 1.89. The Morgan fingerprint density at radius 1 is 1.08 bits per heavy atom. The van der Waals surface area contributed by atoms with Crippen LogP contribution in [0, 0.1) is 6.92 Å². The molecule has 5 nitrogen and oxygen atoms in total. The first kappa shape index (κ1) is 20.4. The van der Waals surface area contributed by atoms with Gasteiger partial charge < -0.3 is 5.32 Å². The maximum absolute atomic E-state index is 13.0. The van der Waals surface area contributed by atoms with Gasteiger partial charge in [0.25, 0.3) is 0 Å². The van der Waals surface area contributed by atoms with Gasteiger partial charge in [0.2, 0.25) is 15.9 Å². The fourth-order valence-electron chi connectivity index (χ4n) is 2.41. The highest BCUT2D eigenvalue weighted by molar-refractivity contribution is 7.89. The first-order valence-electron chi connectivity index (χ1n) is 8.29. The molecule has 2 aromatic carbocycles. The van der Waals surface area contributed by atoms with Crippen LogP contribution in [-0.2, 0) is 21.4 Å². The number of halogens is 1. The van der Waals surface area contributed by atoms with Crippen molar-refractivity contribution in [1.82, 2.24) is 9.62 Å². The van der Waals surface area contributed by atoms with Crippen LogP contribution in [0.4, 0.5) is 0 Å². The molecule has 0 spiro atoms. The van der Waals surface area contributed by atoms with E-state index in [2.05, 4.69) is 5.32 Å². The second-order valence-electron chi connectivity index (χ2n) is 6.43. The average molecular weight is 395 g/mol. The van der Waals surface area contributed by atoms with Crippen molar-refractivity contribution in [3.8, 4) is 0 Å². The van der Waals surface area contributed by atoms with E-state index in [9.17, 15) is 13.2 Å². The SMILES string of the molecule is Cc1ccc(CN(CC(=O)NC(C)C)S(=O)(=O)c2ccc(Cl)cc2)cc1. The Bertz CT molecular complexity index is 847. The smallest absolute Gasteiger partial charge is 0.243 e. The van der Waals surface area contributed by atoms with Gasteiger partial charge in [-0.2, -0.15) is 4.31 Å². The highest BCUT2D eigenvalue weighted by Gasteiger charge is 2.27. The standard InChI is InChI=1S/C19H23ClN2O3S/c1-14(2)21-19(23)13-22(12-16-6-4-15(3)5-7-16)26(24,25)18-10-8-17(20)9-11-18/h4-11,14H,12-13H2,1-3H3,(H,21,23). The lowest BCUT2D eigenvalue weighted by Crippen LogP contribution is -2.42. The van der Waals surface area contributed by atoms with Crippen LogP contribution < -0.4 is 5.32 Å². The summed E-state index contributed by atoms with van der Waals surface area (Å²) in [7, 11) is -3.84. The summed E-state index contributed by atoms with van der Waals surface area (Å²) in [6.45, 7) is 5.47. The molecule has 0 saturated carbocycles. The molecule has 0 aliphatic carbocycles. The third-order valence-electron chi connectivity index (χ3n) is 3.70. The highest BCUT2D eigenvalue weighted by atomic mass is 35.5. The Morgan fingerprint density at radius 3 is 2.19 bits per heavy atom. The number of sulfonamides is 1. The van der Waals surface area contributed by atoms with Gasteiger partial charge in [0, 0.05) is 17.6 Å². The average Bonchev–Trinajstić information content (AvgIpc) is 2.56. The predicted octanol–water partition coefficient (Wildman–Crippen LogP) is 3.36. The van der Waals surface area contributed by atoms with E-state index in [1.54, 1.807) is 0 Å². The number of rotatable bonds is 7. The van der Waals surface area contributed by atoms with E-state index in [1.807, 2.05) is 45.0 Å². The van der Waals surface area contributed by atoms with Crippen molar-refractivity contribution in [2.24, 2.45) is 0 Å². The maximum Gasteiger partial charge on any atom is 0.243 e. The number of benzene rings is 2. The molecule has 0 saturated heterocycles. The summed E-state index contributed by atoms with van der Waals surface area (Å²) in [4.78, 5) is 12.3. The van der Waals surface area contributed by atoms with Gasteiger partial charge in [-0.3, -0.25) is 4.79 Å². The number of amides is 1. The van der Waals surface area contributed by atoms with Crippen LogP contribution in [0.1, 0.15) is 25.0 Å². The number of nitrogens with zero attached hydrogens (tertiary/aromatic N) is 1. The normalized spacial score (nSPS) is 11.8. The summed E-state index contributed by atoms with van der Waals surface area (Å²) in [5.74, 6) is -0.343. The Labute approximate surface area is 160 Å². The first-order chi connectivity index (χ1) is 12.2. The number of hydrogen-bond acceptors (Lipinski definition) is 3. The van der Waals surface area contributed by atoms with Crippen molar-refractivity contribution in [3.05, 3.63) is 64.7 Å². The molecule has 0 aliphatic heterocycles. The minimum atomic E-state index is -3.84. The minimum absolute atomic E-state index is 0.0676. The van der Waals surface area contributed by atoms with E-state index in [1.165, 1.54) is 28.6 Å². The second kappa shape index (κ2) is 8.66. The molecule has 0 unspecified atom stereocenters. The Balaban J connectivity index is 2.33. The Morgan fingerprint density at radius 2 is 1.65 bits per heavy atom. The molecule has 1 amide bonds. The molecule has 0 aromatic heterocycles. The molecule has 0 fully saturated rings. The zero-order valence-corrected chi connectivity index (χ0v) is 16.6. The van der Waals surface area contributed by atoms with Crippen molar-refractivity contribution in [1.29, 1.82) is 0 Å². The maximum atomic E-state index is 13.0. The molecule has 26 heavy (non-hydrogen) atoms. The summed E-state index contributed by atoms with van der Waals surface area (Å²) in [5, 5.41) is 3.19. The molecular formula is C19H23ClN2O3S. The lowest BCUT2D eigenvalue weighted by atomic mass is 10.1. The van der Waals surface area contributed by atoms with Crippen molar-refractivity contribution in [3.63, 3.8) is 0 Å². The van der Waals surface area contributed by atoms with Gasteiger partial charge >= 0.3 is 0 Å². The quantitative estimate of drug-likeness (QED) is 0.782. The molecule has 7 heteroatoms. The van der Waals surface area contributed by atoms with E-state index >= 15 is 0 Å². The van der Waals surface area contributed by atoms with Gasteiger partial charge in [0.15, 0.2) is 0 Å². The molecule has 0 aliphatic rings. The summed E-state index contributed by atoms with van der Waals surface area (Å²) >= 11 is 5.85. The van der Waals surface area contributed by atoms with E-state index in [0.717, 1.165) is 11.1 Å². The van der Waals surface area contributed by atoms with Gasteiger partial charge in [-0.05, 0) is 50.6 Å². The molecule has 2 rings (SSSR count). The minimum Gasteiger partial charge on any atom is -0.353 e. The number of nitrogens with one attached hydrogen (secondary N) is 1. The number of hydrogen-bond donors (Lipinski definition) is 1. The zero-order valence-electron chi connectivity index (χ0n) is 15.1. The van der Waals surface area contributed by atoms with E-state index in [-0.39, 0.29) is 29.9 Å². The molecule has 2 aromatic rings. The van der Waals surface area contributed by atoms with Crippen LogP contribution in [-0.4, -0.2) is 31.2 Å². The molecule has 140 valence electrons. The first-order valence-corrected chi connectivity index (χ1v) is 10.1. The summed E-state index contributed by atoms with van der Waals surface area (Å²) < 4.78 is 27.3. The van der Waals surface area contributed by atoms with Crippen molar-refractivity contribution in [2.75, 3.05) is 6.54 Å². The third kappa shape index (κ3) is 5.56. The number of aryl methyl sites for hydroxylation is 1. The highest BCUT2D eigenvalue weighted by Crippen LogP contribution is 2.20. The predicted molar refractivity (Wildman–Crippen MR) is 104 cm³/mol. The molecular weight excluding hydrogens is 372 g/mol. The molecule has 1 N–H and O–H groups in total. The van der Waals surface area contributed by atoms with Crippen LogP contribution in [0.3, 0.4) is 0 Å². The Kier molecular flexibility index (Phi) is 6.81. The number of carbonyl (C=O) groups is 1. The fraction of sp³-hybridized carbons (Fsp3) is 0.316. The molecule has 0 radical (unpaired) electrons. The fourth-order valence-corrected chi connectivity index (χ4v) is 3.92.